The Kier molecular flexibility index (Phi) is 4.47. The Morgan fingerprint density at radius 1 is 1.08 bits per heavy atom. The van der Waals surface area contributed by atoms with Crippen LogP contribution >= 0.6 is 0 Å². The second kappa shape index (κ2) is 6.71. The molecule has 1 aliphatic heterocycles. The number of nitriles is 1. The molecule has 0 aliphatic carbocycles. The Bertz CT molecular complexity index is 762. The molecule has 0 bridgehead atoms. The number of rotatable bonds is 3. The fourth-order valence-electron chi connectivity index (χ4n) is 2.74. The average Bonchev–Trinajstić information content (AvgIpc) is 2.62. The van der Waals surface area contributed by atoms with Gasteiger partial charge in [0.15, 0.2) is 0 Å². The zero-order chi connectivity index (χ0) is 17.1. The van der Waals surface area contributed by atoms with Crippen molar-refractivity contribution < 1.29 is 4.39 Å². The molecule has 0 unspecified atom stereocenters. The number of nitrogens with zero attached hydrogens (tertiary/aromatic N) is 6. The first-order valence-electron chi connectivity index (χ1n) is 7.77. The molecule has 0 saturated carbocycles. The van der Waals surface area contributed by atoms with E-state index in [-0.39, 0.29) is 5.56 Å². The van der Waals surface area contributed by atoms with Crippen molar-refractivity contribution >= 4 is 17.3 Å². The van der Waals surface area contributed by atoms with E-state index < -0.39 is 5.82 Å². The third-order valence-corrected chi connectivity index (χ3v) is 4.14. The smallest absolute Gasteiger partial charge is 0.143 e. The van der Waals surface area contributed by atoms with Gasteiger partial charge in [-0.1, -0.05) is 0 Å². The SMILES string of the molecule is CN(C)c1cc(N2CCN(c3ccc(C#N)c(F)c3)CC2)ncn1. The van der Waals surface area contributed by atoms with Crippen molar-refractivity contribution in [1.82, 2.24) is 9.97 Å². The lowest BCUT2D eigenvalue weighted by Gasteiger charge is -2.36. The van der Waals surface area contributed by atoms with Gasteiger partial charge in [0.1, 0.15) is 29.8 Å². The van der Waals surface area contributed by atoms with E-state index in [1.54, 1.807) is 12.4 Å². The van der Waals surface area contributed by atoms with Gasteiger partial charge in [0.2, 0.25) is 0 Å². The molecule has 1 aliphatic rings. The summed E-state index contributed by atoms with van der Waals surface area (Å²) in [7, 11) is 3.90. The summed E-state index contributed by atoms with van der Waals surface area (Å²) in [5.41, 5.74) is 0.886. The van der Waals surface area contributed by atoms with Crippen LogP contribution in [0, 0.1) is 17.1 Å². The van der Waals surface area contributed by atoms with E-state index in [0.29, 0.717) is 0 Å². The number of aromatic nitrogens is 2. The van der Waals surface area contributed by atoms with E-state index in [2.05, 4.69) is 19.8 Å². The second-order valence-electron chi connectivity index (χ2n) is 5.88. The summed E-state index contributed by atoms with van der Waals surface area (Å²) >= 11 is 0. The topological polar surface area (TPSA) is 59.3 Å². The van der Waals surface area contributed by atoms with Crippen LogP contribution < -0.4 is 14.7 Å². The average molecular weight is 326 g/mol. The molecular weight excluding hydrogens is 307 g/mol. The van der Waals surface area contributed by atoms with E-state index in [0.717, 1.165) is 43.5 Å². The van der Waals surface area contributed by atoms with Crippen molar-refractivity contribution in [3.63, 3.8) is 0 Å². The van der Waals surface area contributed by atoms with Crippen LogP contribution in [-0.2, 0) is 0 Å². The van der Waals surface area contributed by atoms with Gasteiger partial charge >= 0.3 is 0 Å². The summed E-state index contributed by atoms with van der Waals surface area (Å²) in [6.45, 7) is 3.14. The standard InChI is InChI=1S/C17H19FN6/c1-22(2)16-10-17(21-12-20-16)24-7-5-23(6-8-24)14-4-3-13(11-19)15(18)9-14/h3-4,9-10,12H,5-8H2,1-2H3. The molecule has 1 saturated heterocycles. The number of piperazine rings is 1. The van der Waals surface area contributed by atoms with Crippen molar-refractivity contribution in [1.29, 1.82) is 5.26 Å². The van der Waals surface area contributed by atoms with Gasteiger partial charge in [0.05, 0.1) is 5.56 Å². The maximum absolute atomic E-state index is 13.8. The normalized spacial score (nSPS) is 14.4. The molecular formula is C17H19FN6. The van der Waals surface area contributed by atoms with E-state index >= 15 is 0 Å². The van der Waals surface area contributed by atoms with Gasteiger partial charge in [-0.25, -0.2) is 14.4 Å². The number of hydrogen-bond donors (Lipinski definition) is 0. The third kappa shape index (κ3) is 3.23. The first-order chi connectivity index (χ1) is 11.6. The van der Waals surface area contributed by atoms with Gasteiger partial charge in [-0.3, -0.25) is 0 Å². The van der Waals surface area contributed by atoms with E-state index in [4.69, 9.17) is 5.26 Å². The molecule has 2 heterocycles. The highest BCUT2D eigenvalue weighted by atomic mass is 19.1. The molecule has 2 aromatic rings. The van der Waals surface area contributed by atoms with Crippen LogP contribution in [-0.4, -0.2) is 50.2 Å². The van der Waals surface area contributed by atoms with Crippen LogP contribution in [0.5, 0.6) is 0 Å². The molecule has 0 amide bonds. The van der Waals surface area contributed by atoms with Gasteiger partial charge < -0.3 is 14.7 Å². The van der Waals surface area contributed by atoms with Crippen molar-refractivity contribution in [3.05, 3.63) is 42.0 Å². The summed E-state index contributed by atoms with van der Waals surface area (Å²) in [5.74, 6) is 1.31. The number of anilines is 3. The number of benzene rings is 1. The highest BCUT2D eigenvalue weighted by Crippen LogP contribution is 2.22. The number of hydrogen-bond acceptors (Lipinski definition) is 6. The van der Waals surface area contributed by atoms with Gasteiger partial charge in [-0.15, -0.1) is 0 Å². The quantitative estimate of drug-likeness (QED) is 0.858. The van der Waals surface area contributed by atoms with Gasteiger partial charge in [0.25, 0.3) is 0 Å². The fourth-order valence-corrected chi connectivity index (χ4v) is 2.74. The van der Waals surface area contributed by atoms with Gasteiger partial charge in [-0.05, 0) is 18.2 Å². The van der Waals surface area contributed by atoms with Crippen LogP contribution in [0.1, 0.15) is 5.56 Å². The minimum Gasteiger partial charge on any atom is -0.368 e. The van der Waals surface area contributed by atoms with Crippen molar-refractivity contribution in [2.75, 3.05) is 55.0 Å². The minimum atomic E-state index is -0.469. The van der Waals surface area contributed by atoms with E-state index in [9.17, 15) is 4.39 Å². The molecule has 7 heteroatoms. The minimum absolute atomic E-state index is 0.0783. The molecule has 6 nitrogen and oxygen atoms in total. The molecule has 24 heavy (non-hydrogen) atoms. The summed E-state index contributed by atoms with van der Waals surface area (Å²) < 4.78 is 13.8. The Morgan fingerprint density at radius 3 is 2.42 bits per heavy atom. The molecule has 0 spiro atoms. The lowest BCUT2D eigenvalue weighted by molar-refractivity contribution is 0.616. The zero-order valence-electron chi connectivity index (χ0n) is 13.8. The second-order valence-corrected chi connectivity index (χ2v) is 5.88. The van der Waals surface area contributed by atoms with Crippen LogP contribution in [0.25, 0.3) is 0 Å². The molecule has 3 rings (SSSR count). The Labute approximate surface area is 140 Å². The van der Waals surface area contributed by atoms with Crippen LogP contribution in [0.3, 0.4) is 0 Å². The van der Waals surface area contributed by atoms with Crippen molar-refractivity contribution in [3.8, 4) is 6.07 Å². The summed E-state index contributed by atoms with van der Waals surface area (Å²) in [6.07, 6.45) is 1.58. The first-order valence-corrected chi connectivity index (χ1v) is 7.77. The predicted octanol–water partition coefficient (Wildman–Crippen LogP) is 1.88. The molecule has 1 aromatic carbocycles. The first kappa shape index (κ1) is 16.0. The Balaban J connectivity index is 1.69. The lowest BCUT2D eigenvalue weighted by Crippen LogP contribution is -2.46. The van der Waals surface area contributed by atoms with Crippen LogP contribution in [0.2, 0.25) is 0 Å². The molecule has 0 radical (unpaired) electrons. The third-order valence-electron chi connectivity index (χ3n) is 4.14. The maximum atomic E-state index is 13.8. The Morgan fingerprint density at radius 2 is 1.79 bits per heavy atom. The fraction of sp³-hybridized carbons (Fsp3) is 0.353. The number of halogens is 1. The highest BCUT2D eigenvalue weighted by Gasteiger charge is 2.19. The summed E-state index contributed by atoms with van der Waals surface area (Å²) in [6, 6.07) is 8.58. The molecule has 1 aromatic heterocycles. The van der Waals surface area contributed by atoms with Crippen LogP contribution in [0.15, 0.2) is 30.6 Å². The van der Waals surface area contributed by atoms with Crippen LogP contribution in [0.4, 0.5) is 21.7 Å². The Hall–Kier alpha value is -2.88. The molecule has 0 N–H and O–H groups in total. The molecule has 0 atom stereocenters. The molecule has 124 valence electrons. The maximum Gasteiger partial charge on any atom is 0.143 e. The van der Waals surface area contributed by atoms with Gasteiger partial charge in [0, 0.05) is 52.0 Å². The largest absolute Gasteiger partial charge is 0.368 e. The van der Waals surface area contributed by atoms with E-state index in [1.165, 1.54) is 12.1 Å². The highest BCUT2D eigenvalue weighted by molar-refractivity contribution is 5.54. The zero-order valence-corrected chi connectivity index (χ0v) is 13.8. The monoisotopic (exact) mass is 326 g/mol. The van der Waals surface area contributed by atoms with Crippen molar-refractivity contribution in [2.45, 2.75) is 0 Å². The van der Waals surface area contributed by atoms with Crippen molar-refractivity contribution in [2.24, 2.45) is 0 Å². The van der Waals surface area contributed by atoms with E-state index in [1.807, 2.05) is 31.1 Å². The van der Waals surface area contributed by atoms with Gasteiger partial charge in [-0.2, -0.15) is 5.26 Å². The molecule has 1 fully saturated rings. The summed E-state index contributed by atoms with van der Waals surface area (Å²) in [4.78, 5) is 14.9. The lowest BCUT2D eigenvalue weighted by atomic mass is 10.2. The summed E-state index contributed by atoms with van der Waals surface area (Å²) in [5, 5.41) is 8.82. The predicted molar refractivity (Wildman–Crippen MR) is 91.9 cm³/mol.